The summed E-state index contributed by atoms with van der Waals surface area (Å²) in [6.07, 6.45) is -3.29. The molecule has 2 N–H and O–H groups in total. The van der Waals surface area contributed by atoms with Crippen molar-refractivity contribution in [2.75, 3.05) is 5.32 Å². The molecular formula is C26H19F3N2O3. The standard InChI is InChI=1S/C26H19F3N2O3/c27-26(28,29)17-9-6-10-18(14-17)30-25(34)22(13-16-7-2-1-3-8-16)31-21-15-23(32)19-11-4-5-12-20(19)24(21)33/h1-12,14-15,22,31H,13H2,(H,30,34). The Kier molecular flexibility index (Phi) is 6.32. The molecule has 1 aliphatic carbocycles. The van der Waals surface area contributed by atoms with E-state index < -0.39 is 29.5 Å². The lowest BCUT2D eigenvalue weighted by Gasteiger charge is -2.23. The van der Waals surface area contributed by atoms with E-state index in [1.54, 1.807) is 48.5 Å². The maximum Gasteiger partial charge on any atom is 0.416 e. The second-order valence-electron chi connectivity index (χ2n) is 7.75. The molecule has 8 heteroatoms. The molecule has 3 aromatic rings. The summed E-state index contributed by atoms with van der Waals surface area (Å²) in [6, 6.07) is 18.5. The van der Waals surface area contributed by atoms with E-state index >= 15 is 0 Å². The zero-order valence-electron chi connectivity index (χ0n) is 17.7. The fourth-order valence-electron chi connectivity index (χ4n) is 3.67. The Morgan fingerprint density at radius 1 is 0.853 bits per heavy atom. The van der Waals surface area contributed by atoms with Crippen molar-refractivity contribution in [1.29, 1.82) is 0 Å². The molecule has 0 aliphatic heterocycles. The largest absolute Gasteiger partial charge is 0.416 e. The zero-order valence-corrected chi connectivity index (χ0v) is 17.7. The van der Waals surface area contributed by atoms with E-state index in [1.165, 1.54) is 18.2 Å². The summed E-state index contributed by atoms with van der Waals surface area (Å²) in [4.78, 5) is 38.6. The number of fused-ring (bicyclic) bond motifs is 1. The molecule has 3 aromatic carbocycles. The van der Waals surface area contributed by atoms with E-state index in [0.717, 1.165) is 23.8 Å². The molecule has 0 heterocycles. The van der Waals surface area contributed by atoms with Gasteiger partial charge in [0, 0.05) is 29.3 Å². The highest BCUT2D eigenvalue weighted by atomic mass is 19.4. The van der Waals surface area contributed by atoms with Gasteiger partial charge in [0.25, 0.3) is 0 Å². The second kappa shape index (κ2) is 9.35. The molecule has 172 valence electrons. The van der Waals surface area contributed by atoms with Crippen LogP contribution in [0.25, 0.3) is 0 Å². The summed E-state index contributed by atoms with van der Waals surface area (Å²) < 4.78 is 39.2. The summed E-state index contributed by atoms with van der Waals surface area (Å²) in [5.41, 5.74) is 0.259. The number of hydrogen-bond donors (Lipinski definition) is 2. The number of Topliss-reactive ketones (excluding diaryl/α,β-unsaturated/α-hetero) is 1. The number of carbonyl (C=O) groups is 3. The number of halogens is 3. The monoisotopic (exact) mass is 464 g/mol. The topological polar surface area (TPSA) is 75.3 Å². The van der Waals surface area contributed by atoms with Crippen molar-refractivity contribution < 1.29 is 27.6 Å². The quantitative estimate of drug-likeness (QED) is 0.549. The van der Waals surface area contributed by atoms with Crippen LogP contribution in [0.2, 0.25) is 0 Å². The van der Waals surface area contributed by atoms with Crippen molar-refractivity contribution in [3.05, 3.63) is 113 Å². The van der Waals surface area contributed by atoms with Crippen molar-refractivity contribution in [2.45, 2.75) is 18.6 Å². The Hall–Kier alpha value is -4.20. The minimum absolute atomic E-state index is 0.0370. The third-order valence-electron chi connectivity index (χ3n) is 5.34. The van der Waals surface area contributed by atoms with Crippen LogP contribution in [0.15, 0.2) is 90.6 Å². The highest BCUT2D eigenvalue weighted by molar-refractivity contribution is 6.24. The van der Waals surface area contributed by atoms with Gasteiger partial charge in [0.15, 0.2) is 5.78 Å². The van der Waals surface area contributed by atoms with Gasteiger partial charge in [-0.05, 0) is 23.8 Å². The first kappa shape index (κ1) is 23.0. The van der Waals surface area contributed by atoms with Gasteiger partial charge < -0.3 is 10.6 Å². The van der Waals surface area contributed by atoms with E-state index in [2.05, 4.69) is 10.6 Å². The highest BCUT2D eigenvalue weighted by Gasteiger charge is 2.31. The first-order valence-electron chi connectivity index (χ1n) is 10.4. The molecule has 0 radical (unpaired) electrons. The Balaban J connectivity index is 1.61. The molecule has 0 saturated carbocycles. The summed E-state index contributed by atoms with van der Waals surface area (Å²) in [5.74, 6) is -1.47. The lowest BCUT2D eigenvalue weighted by molar-refractivity contribution is -0.137. The molecule has 0 fully saturated rings. The first-order valence-corrected chi connectivity index (χ1v) is 10.4. The van der Waals surface area contributed by atoms with Gasteiger partial charge in [-0.25, -0.2) is 0 Å². The third kappa shape index (κ3) is 5.06. The van der Waals surface area contributed by atoms with Gasteiger partial charge in [-0.2, -0.15) is 13.2 Å². The lowest BCUT2D eigenvalue weighted by Crippen LogP contribution is -2.44. The Labute approximate surface area is 193 Å². The molecule has 0 aromatic heterocycles. The van der Waals surface area contributed by atoms with E-state index in [0.29, 0.717) is 0 Å². The van der Waals surface area contributed by atoms with Gasteiger partial charge in [-0.1, -0.05) is 60.7 Å². The Morgan fingerprint density at radius 2 is 1.53 bits per heavy atom. The molecular weight excluding hydrogens is 445 g/mol. The van der Waals surface area contributed by atoms with Crippen molar-refractivity contribution in [3.63, 3.8) is 0 Å². The number of hydrogen-bond acceptors (Lipinski definition) is 4. The first-order chi connectivity index (χ1) is 16.2. The van der Waals surface area contributed by atoms with Crippen molar-refractivity contribution in [1.82, 2.24) is 5.32 Å². The molecule has 34 heavy (non-hydrogen) atoms. The van der Waals surface area contributed by atoms with Crippen LogP contribution >= 0.6 is 0 Å². The summed E-state index contributed by atoms with van der Waals surface area (Å²) in [5, 5.41) is 5.33. The maximum absolute atomic E-state index is 13.1. The summed E-state index contributed by atoms with van der Waals surface area (Å²) in [7, 11) is 0. The van der Waals surface area contributed by atoms with Crippen LogP contribution < -0.4 is 10.6 Å². The van der Waals surface area contributed by atoms with Crippen LogP contribution in [0, 0.1) is 0 Å². The molecule has 0 bridgehead atoms. The highest BCUT2D eigenvalue weighted by Crippen LogP contribution is 2.30. The van der Waals surface area contributed by atoms with E-state index in [-0.39, 0.29) is 34.7 Å². The molecule has 5 nitrogen and oxygen atoms in total. The number of allylic oxidation sites excluding steroid dienone is 2. The number of carbonyl (C=O) groups excluding carboxylic acids is 3. The number of anilines is 1. The van der Waals surface area contributed by atoms with Crippen LogP contribution in [0.1, 0.15) is 31.8 Å². The third-order valence-corrected chi connectivity index (χ3v) is 5.34. The maximum atomic E-state index is 13.1. The average Bonchev–Trinajstić information content (AvgIpc) is 2.82. The van der Waals surface area contributed by atoms with E-state index in [9.17, 15) is 27.6 Å². The number of rotatable bonds is 6. The van der Waals surface area contributed by atoms with Gasteiger partial charge in [-0.3, -0.25) is 14.4 Å². The van der Waals surface area contributed by atoms with Gasteiger partial charge in [0.1, 0.15) is 6.04 Å². The van der Waals surface area contributed by atoms with Crippen LogP contribution in [0.3, 0.4) is 0 Å². The normalized spacial score (nSPS) is 14.1. The smallest absolute Gasteiger partial charge is 0.370 e. The SMILES string of the molecule is O=C1C=C(NC(Cc2ccccc2)C(=O)Nc2cccc(C(F)(F)F)c2)C(=O)c2ccccc21. The van der Waals surface area contributed by atoms with Gasteiger partial charge >= 0.3 is 6.18 Å². The van der Waals surface area contributed by atoms with Crippen LogP contribution in [0.5, 0.6) is 0 Å². The molecule has 0 spiro atoms. The number of ketones is 2. The average molecular weight is 464 g/mol. The minimum atomic E-state index is -4.56. The van der Waals surface area contributed by atoms with Crippen molar-refractivity contribution >= 4 is 23.2 Å². The lowest BCUT2D eigenvalue weighted by atomic mass is 9.92. The number of amides is 1. The van der Waals surface area contributed by atoms with Crippen molar-refractivity contribution in [3.8, 4) is 0 Å². The van der Waals surface area contributed by atoms with E-state index in [1.807, 2.05) is 0 Å². The summed E-state index contributed by atoms with van der Waals surface area (Å²) >= 11 is 0. The van der Waals surface area contributed by atoms with E-state index in [4.69, 9.17) is 0 Å². The fraction of sp³-hybridized carbons (Fsp3) is 0.115. The molecule has 1 amide bonds. The number of alkyl halides is 3. The molecule has 0 saturated heterocycles. The van der Waals surface area contributed by atoms with Gasteiger partial charge in [-0.15, -0.1) is 0 Å². The molecule has 1 aliphatic rings. The Morgan fingerprint density at radius 3 is 2.24 bits per heavy atom. The molecule has 1 unspecified atom stereocenters. The minimum Gasteiger partial charge on any atom is -0.370 e. The van der Waals surface area contributed by atoms with Gasteiger partial charge in [0.05, 0.1) is 11.3 Å². The predicted octanol–water partition coefficient (Wildman–Crippen LogP) is 4.81. The van der Waals surface area contributed by atoms with Crippen LogP contribution in [-0.2, 0) is 17.4 Å². The van der Waals surface area contributed by atoms with Crippen LogP contribution in [-0.4, -0.2) is 23.5 Å². The molecule has 1 atom stereocenters. The summed E-state index contributed by atoms with van der Waals surface area (Å²) in [6.45, 7) is 0. The predicted molar refractivity (Wildman–Crippen MR) is 120 cm³/mol. The number of nitrogens with one attached hydrogen (secondary N) is 2. The second-order valence-corrected chi connectivity index (χ2v) is 7.75. The Bertz CT molecular complexity index is 1280. The zero-order chi connectivity index (χ0) is 24.3. The molecule has 4 rings (SSSR count). The van der Waals surface area contributed by atoms with Crippen molar-refractivity contribution in [2.24, 2.45) is 0 Å². The van der Waals surface area contributed by atoms with Crippen LogP contribution in [0.4, 0.5) is 18.9 Å². The van der Waals surface area contributed by atoms with Gasteiger partial charge in [0.2, 0.25) is 11.7 Å². The fourth-order valence-corrected chi connectivity index (χ4v) is 3.67. The number of benzene rings is 3.